The molecule has 149 heavy (non-hydrogen) atoms. The molecule has 0 fully saturated rings. The molecular formula is C111H100F3N21O14. The Morgan fingerprint density at radius 3 is 1.04 bits per heavy atom. The number of hydrogen-bond acceptors (Lipinski definition) is 35. The molecule has 0 bridgehead atoms. The number of aryl methyl sites for hydroxylation is 5. The fraction of sp³-hybridized carbons (Fsp3) is 0.180. The van der Waals surface area contributed by atoms with Crippen LogP contribution in [-0.2, 0) is 12.6 Å². The summed E-state index contributed by atoms with van der Waals surface area (Å²) >= 11 is 0. The zero-order valence-electron chi connectivity index (χ0n) is 82.8. The minimum Gasteiger partial charge on any atom is -0.507 e. The standard InChI is InChI=1S/C18H19N3O3.C17H17N3O.C16H15N3O2.C15H10F3N3O.C15H13N3O3.2C15H13N3O2/c1-4-22-15-7-6-13(10-16(15)23-5-2)18-20-17(21-24-18)14-8-9-19-11-12(14)3;1-2-3-4-13-5-7-15(8-6-13)17-19-16(20-21-17)14-9-11-18-12-10-14;1-3-20-13-4-5-14(11(2)10-13)16-18-15(19-21-16)12-6-8-17-9-7-12;1-9-2-3-11(8-12(9)15(16,17)18)14-20-13(21-22-14)10-4-6-19-7-5-10;1-2-20-11-3-4-12(13(19)9-11)15-17-14(18-21-15)10-5-7-16-8-6-10;1-10-3-4-12(9-13(10)19-2)15-17-14(18-20-15)11-5-7-16-8-6-11;1-2-19-13-5-3-4-12(10-13)15-17-14(18-20-15)11-6-8-16-9-7-11/h6-11H,4-5H2,1-3H3;5-12H,2-4H2,1H3;4-10H,3H2,1-2H3;2-8H,1H3;3-9,19H,2H2,1H3;3-9H,1-2H3;3-10H,2H2,1H3. The van der Waals surface area contributed by atoms with Crippen molar-refractivity contribution in [2.75, 3.05) is 40.1 Å². The Hall–Kier alpha value is -19.0. The summed E-state index contributed by atoms with van der Waals surface area (Å²) in [6.45, 7) is 22.1. The number of benzene rings is 7. The third kappa shape index (κ3) is 28.3. The number of nitrogens with zero attached hydrogens (tertiary/aromatic N) is 21. The number of phenolic OH excluding ortho intramolecular Hbond substituents is 1. The van der Waals surface area contributed by atoms with Gasteiger partial charge in [-0.25, -0.2) is 0 Å². The highest BCUT2D eigenvalue weighted by molar-refractivity contribution is 5.71. The maximum absolute atomic E-state index is 12.9. The number of halogens is 3. The molecule has 0 radical (unpaired) electrons. The lowest BCUT2D eigenvalue weighted by molar-refractivity contribution is -0.138. The number of phenols is 1. The quantitative estimate of drug-likeness (QED) is 0.0476. The Kier molecular flexibility index (Phi) is 36.2. The van der Waals surface area contributed by atoms with Crippen LogP contribution in [0.3, 0.4) is 0 Å². The second-order valence-corrected chi connectivity index (χ2v) is 32.1. The summed E-state index contributed by atoms with van der Waals surface area (Å²) in [6, 6.07) is 65.5. The van der Waals surface area contributed by atoms with E-state index in [1.807, 2.05) is 201 Å². The van der Waals surface area contributed by atoms with E-state index in [-0.39, 0.29) is 28.7 Å². The van der Waals surface area contributed by atoms with Gasteiger partial charge in [-0.3, -0.25) is 34.9 Å². The van der Waals surface area contributed by atoms with Crippen molar-refractivity contribution in [2.45, 2.75) is 94.7 Å². The summed E-state index contributed by atoms with van der Waals surface area (Å²) in [5.41, 5.74) is 14.8. The first-order valence-corrected chi connectivity index (χ1v) is 47.2. The van der Waals surface area contributed by atoms with Gasteiger partial charge in [-0.15, -0.1) is 0 Å². The zero-order chi connectivity index (χ0) is 104. The summed E-state index contributed by atoms with van der Waals surface area (Å²) < 4.78 is 109. The molecule has 14 aromatic heterocycles. The average molecular weight is 2010 g/mol. The lowest BCUT2D eigenvalue weighted by Crippen LogP contribution is -2.07. The van der Waals surface area contributed by atoms with Crippen LogP contribution in [0.15, 0.2) is 337 Å². The van der Waals surface area contributed by atoms with E-state index in [9.17, 15) is 18.3 Å². The zero-order valence-corrected chi connectivity index (χ0v) is 82.8. The van der Waals surface area contributed by atoms with Gasteiger partial charge in [0.2, 0.25) is 40.8 Å². The summed E-state index contributed by atoms with van der Waals surface area (Å²) in [4.78, 5) is 58.3. The molecule has 0 atom stereocenters. The topological polar surface area (TPSA) is 438 Å². The highest BCUT2D eigenvalue weighted by Gasteiger charge is 2.33. The van der Waals surface area contributed by atoms with Crippen LogP contribution in [0.1, 0.15) is 87.8 Å². The van der Waals surface area contributed by atoms with Crippen molar-refractivity contribution in [3.63, 3.8) is 0 Å². The summed E-state index contributed by atoms with van der Waals surface area (Å²) in [7, 11) is 1.64. The largest absolute Gasteiger partial charge is 0.507 e. The molecule has 38 heteroatoms. The highest BCUT2D eigenvalue weighted by Crippen LogP contribution is 2.40. The smallest absolute Gasteiger partial charge is 0.416 e. The Labute approximate surface area is 853 Å². The third-order valence-electron chi connectivity index (χ3n) is 21.8. The van der Waals surface area contributed by atoms with E-state index in [1.54, 1.807) is 130 Å². The van der Waals surface area contributed by atoms with Gasteiger partial charge >= 0.3 is 6.18 Å². The van der Waals surface area contributed by atoms with Crippen LogP contribution in [0.25, 0.3) is 160 Å². The first-order chi connectivity index (χ1) is 72.7. The number of hydrogen-bond donors (Lipinski definition) is 1. The van der Waals surface area contributed by atoms with Gasteiger partial charge in [0.1, 0.15) is 28.7 Å². The molecule has 0 aliphatic carbocycles. The normalized spacial score (nSPS) is 10.7. The van der Waals surface area contributed by atoms with E-state index in [1.165, 1.54) is 43.5 Å². The molecule has 0 aliphatic heterocycles. The van der Waals surface area contributed by atoms with Crippen molar-refractivity contribution in [2.24, 2.45) is 0 Å². The number of ether oxygens (including phenoxy) is 6. The molecule has 21 rings (SSSR count). The molecule has 0 saturated carbocycles. The van der Waals surface area contributed by atoms with Crippen LogP contribution in [0.5, 0.6) is 40.2 Å². The predicted octanol–water partition coefficient (Wildman–Crippen LogP) is 24.9. The summed E-state index contributed by atoms with van der Waals surface area (Å²) in [6.07, 6.45) is 22.7. The first kappa shape index (κ1) is 104. The fourth-order valence-electron chi connectivity index (χ4n) is 14.3. The van der Waals surface area contributed by atoms with Gasteiger partial charge in [0.25, 0.3) is 41.2 Å². The molecule has 21 aromatic rings. The van der Waals surface area contributed by atoms with E-state index >= 15 is 0 Å². The van der Waals surface area contributed by atoms with Crippen molar-refractivity contribution in [3.05, 3.63) is 339 Å². The van der Waals surface area contributed by atoms with Crippen molar-refractivity contribution in [1.29, 1.82) is 0 Å². The number of unbranched alkanes of at least 4 members (excludes halogenated alkanes) is 1. The number of aromatic nitrogens is 21. The lowest BCUT2D eigenvalue weighted by atomic mass is 10.0. The number of alkyl halides is 3. The lowest BCUT2D eigenvalue weighted by Gasteiger charge is -2.11. The van der Waals surface area contributed by atoms with E-state index in [4.69, 9.17) is 60.1 Å². The van der Waals surface area contributed by atoms with E-state index in [2.05, 4.69) is 125 Å². The molecule has 0 spiro atoms. The van der Waals surface area contributed by atoms with E-state index < -0.39 is 11.7 Å². The second-order valence-electron chi connectivity index (χ2n) is 32.1. The average Bonchev–Trinajstić information content (AvgIpc) is 1.79. The second kappa shape index (κ2) is 51.8. The Morgan fingerprint density at radius 1 is 0.275 bits per heavy atom. The molecule has 35 nitrogen and oxygen atoms in total. The van der Waals surface area contributed by atoms with Crippen molar-refractivity contribution >= 4 is 0 Å². The summed E-state index contributed by atoms with van der Waals surface area (Å²) in [5, 5.41) is 37.8. The predicted molar refractivity (Wildman–Crippen MR) is 547 cm³/mol. The van der Waals surface area contributed by atoms with Crippen LogP contribution in [-0.4, -0.2) is 151 Å². The molecule has 14 heterocycles. The third-order valence-corrected chi connectivity index (χ3v) is 21.8. The molecule has 0 unspecified atom stereocenters. The number of pyridine rings is 7. The Morgan fingerprint density at radius 2 is 0.624 bits per heavy atom. The van der Waals surface area contributed by atoms with Crippen LogP contribution < -0.4 is 28.4 Å². The van der Waals surface area contributed by atoms with Crippen LogP contribution in [0, 0.1) is 27.7 Å². The molecule has 1 N–H and O–H groups in total. The number of aromatic hydroxyl groups is 1. The molecule has 0 amide bonds. The van der Waals surface area contributed by atoms with Crippen LogP contribution in [0.2, 0.25) is 0 Å². The van der Waals surface area contributed by atoms with Gasteiger partial charge in [0.15, 0.2) is 11.5 Å². The maximum Gasteiger partial charge on any atom is 0.416 e. The van der Waals surface area contributed by atoms with Crippen molar-refractivity contribution in [3.8, 4) is 200 Å². The molecule has 0 aliphatic rings. The number of methoxy groups -OCH3 is 1. The van der Waals surface area contributed by atoms with Crippen molar-refractivity contribution in [1.82, 2.24) is 106 Å². The minimum atomic E-state index is -4.42. The van der Waals surface area contributed by atoms with Gasteiger partial charge < -0.3 is 65.2 Å². The van der Waals surface area contributed by atoms with Gasteiger partial charge in [-0.2, -0.15) is 48.1 Å². The summed E-state index contributed by atoms with van der Waals surface area (Å²) in [5.74, 6) is 10.6. The first-order valence-electron chi connectivity index (χ1n) is 47.2. The van der Waals surface area contributed by atoms with E-state index in [0.717, 1.165) is 108 Å². The molecular weight excluding hydrogens is 1910 g/mol. The molecule has 7 aromatic carbocycles. The Bertz CT molecular complexity index is 7650. The van der Waals surface area contributed by atoms with Crippen molar-refractivity contribution < 1.29 is 78.4 Å². The van der Waals surface area contributed by atoms with Crippen LogP contribution >= 0.6 is 0 Å². The van der Waals surface area contributed by atoms with E-state index in [0.29, 0.717) is 132 Å². The van der Waals surface area contributed by atoms with Gasteiger partial charge in [-0.1, -0.05) is 79.8 Å². The van der Waals surface area contributed by atoms with Gasteiger partial charge in [0.05, 0.1) is 51.3 Å². The van der Waals surface area contributed by atoms with Gasteiger partial charge in [0, 0.05) is 165 Å². The molecule has 754 valence electrons. The van der Waals surface area contributed by atoms with Gasteiger partial charge in [-0.05, 0) is 285 Å². The minimum absolute atomic E-state index is 0.0332. The number of rotatable bonds is 28. The van der Waals surface area contributed by atoms with Crippen LogP contribution in [0.4, 0.5) is 13.2 Å². The monoisotopic (exact) mass is 2010 g/mol. The highest BCUT2D eigenvalue weighted by atomic mass is 19.4. The maximum atomic E-state index is 12.9. The SMILES string of the molecule is CCCCc1ccc(-c2nc(-c3ccncc3)no2)cc1.CCOc1ccc(-c2nc(-c3ccncc3)no2)c(C)c1.CCOc1ccc(-c2nc(-c3ccncc3)no2)c(O)c1.CCOc1ccc(-c2nc(-c3ccncc3C)no2)cc1OCC.CCOc1cccc(-c2nc(-c3ccncc3)no2)c1.COc1cc(-c2nc(-c3ccncc3)no2)ccc1C.Cc1ccc(-c2nc(-c3ccncc3)no2)cc1C(F)(F)F. The Balaban J connectivity index is 0.000000130. The fourth-order valence-corrected chi connectivity index (χ4v) is 14.3. The molecule has 0 saturated heterocycles.